The van der Waals surface area contributed by atoms with E-state index in [0.29, 0.717) is 6.07 Å². The summed E-state index contributed by atoms with van der Waals surface area (Å²) in [4.78, 5) is 28.9. The van der Waals surface area contributed by atoms with E-state index in [1.807, 2.05) is 0 Å². The number of hydrogen-bond donors (Lipinski definition) is 2. The van der Waals surface area contributed by atoms with Crippen LogP contribution >= 0.6 is 0 Å². The lowest BCUT2D eigenvalue weighted by Gasteiger charge is -2.14. The first-order valence-corrected chi connectivity index (χ1v) is 7.74. The molecule has 3 rings (SSSR count). The molecule has 0 radical (unpaired) electrons. The summed E-state index contributed by atoms with van der Waals surface area (Å²) in [5, 5.41) is 9.00. The van der Waals surface area contributed by atoms with Crippen LogP contribution in [0.15, 0.2) is 47.4 Å². The number of alkyl halides is 3. The third-order valence-electron chi connectivity index (χ3n) is 3.70. The molecule has 1 aromatic heterocycles. The number of ether oxygens (including phenoxy) is 1. The Bertz CT molecular complexity index is 1160. The van der Waals surface area contributed by atoms with Crippen LogP contribution in [-0.4, -0.2) is 27.4 Å². The summed E-state index contributed by atoms with van der Waals surface area (Å²) in [5.41, 5.74) is -2.01. The van der Waals surface area contributed by atoms with Crippen molar-refractivity contribution in [3.63, 3.8) is 0 Å². The van der Waals surface area contributed by atoms with Crippen LogP contribution in [0.2, 0.25) is 0 Å². The summed E-state index contributed by atoms with van der Waals surface area (Å²) < 4.78 is 68.8. The Hall–Kier alpha value is -3.76. The van der Waals surface area contributed by atoms with Gasteiger partial charge in [-0.3, -0.25) is 4.79 Å². The van der Waals surface area contributed by atoms with Gasteiger partial charge in [-0.1, -0.05) is 18.2 Å². The maximum atomic E-state index is 13.7. The first-order chi connectivity index (χ1) is 13.5. The summed E-state index contributed by atoms with van der Waals surface area (Å²) in [5.74, 6) is -5.37. The van der Waals surface area contributed by atoms with Crippen molar-refractivity contribution in [2.45, 2.75) is 6.36 Å². The number of aromatic nitrogens is 2. The number of rotatable bonds is 4. The molecule has 2 aromatic carbocycles. The number of carbonyl (C=O) groups is 1. The topological polar surface area (TPSA) is 92.3 Å². The van der Waals surface area contributed by atoms with Crippen molar-refractivity contribution >= 4 is 5.97 Å². The number of hydrogen-bond acceptors (Lipinski definition) is 4. The van der Waals surface area contributed by atoms with E-state index in [4.69, 9.17) is 5.11 Å². The van der Waals surface area contributed by atoms with E-state index in [1.54, 1.807) is 0 Å². The van der Waals surface area contributed by atoms with Gasteiger partial charge in [0.1, 0.15) is 11.4 Å². The lowest BCUT2D eigenvalue weighted by atomic mass is 10.0. The highest BCUT2D eigenvalue weighted by Crippen LogP contribution is 2.36. The Kier molecular flexibility index (Phi) is 5.06. The highest BCUT2D eigenvalue weighted by molar-refractivity contribution is 5.85. The maximum Gasteiger partial charge on any atom is 0.573 e. The van der Waals surface area contributed by atoms with Crippen molar-refractivity contribution in [3.05, 3.63) is 70.3 Å². The number of nitrogens with one attached hydrogen (secondary N) is 1. The molecule has 6 nitrogen and oxygen atoms in total. The van der Waals surface area contributed by atoms with Crippen LogP contribution in [-0.2, 0) is 0 Å². The van der Waals surface area contributed by atoms with Gasteiger partial charge in [0.2, 0.25) is 0 Å². The van der Waals surface area contributed by atoms with Gasteiger partial charge in [-0.05, 0) is 17.7 Å². The molecule has 0 amide bonds. The summed E-state index contributed by atoms with van der Waals surface area (Å²) in [6, 6.07) is 5.87. The third-order valence-corrected chi connectivity index (χ3v) is 3.70. The molecule has 0 saturated carbocycles. The highest BCUT2D eigenvalue weighted by atomic mass is 19.4. The van der Waals surface area contributed by atoms with Crippen molar-refractivity contribution in [2.24, 2.45) is 0 Å². The Morgan fingerprint density at radius 2 is 1.72 bits per heavy atom. The van der Waals surface area contributed by atoms with Crippen LogP contribution in [0.5, 0.6) is 5.75 Å². The van der Waals surface area contributed by atoms with E-state index in [2.05, 4.69) is 14.7 Å². The molecule has 3 aromatic rings. The molecule has 2 N–H and O–H groups in total. The molecule has 0 bridgehead atoms. The Balaban J connectivity index is 2.16. The van der Waals surface area contributed by atoms with Crippen LogP contribution in [0.3, 0.4) is 0 Å². The Labute approximate surface area is 158 Å². The minimum atomic E-state index is -5.16. The maximum absolute atomic E-state index is 13.7. The molecule has 150 valence electrons. The first kappa shape index (κ1) is 20.0. The molecule has 0 atom stereocenters. The molecule has 11 heteroatoms. The zero-order chi connectivity index (χ0) is 21.3. The lowest BCUT2D eigenvalue weighted by molar-refractivity contribution is -0.274. The monoisotopic (exact) mass is 412 g/mol. The molecular weight excluding hydrogens is 403 g/mol. The fraction of sp³-hybridized carbons (Fsp3) is 0.0556. The van der Waals surface area contributed by atoms with Crippen molar-refractivity contribution in [2.75, 3.05) is 0 Å². The second kappa shape index (κ2) is 7.34. The summed E-state index contributed by atoms with van der Waals surface area (Å²) >= 11 is 0. The fourth-order valence-electron chi connectivity index (χ4n) is 2.51. The third kappa shape index (κ3) is 4.39. The smallest absolute Gasteiger partial charge is 0.476 e. The highest BCUT2D eigenvalue weighted by Gasteiger charge is 2.33. The molecule has 0 aliphatic heterocycles. The van der Waals surface area contributed by atoms with Crippen molar-refractivity contribution in [3.8, 4) is 28.1 Å². The second-order valence-corrected chi connectivity index (χ2v) is 5.66. The number of H-pyrrole nitrogens is 1. The minimum Gasteiger partial charge on any atom is -0.476 e. The second-order valence-electron chi connectivity index (χ2n) is 5.66. The van der Waals surface area contributed by atoms with Crippen LogP contribution < -0.4 is 10.3 Å². The first-order valence-electron chi connectivity index (χ1n) is 7.74. The molecule has 0 spiro atoms. The normalized spacial score (nSPS) is 11.3. The van der Waals surface area contributed by atoms with Gasteiger partial charge in [-0.2, -0.15) is 0 Å². The lowest BCUT2D eigenvalue weighted by Crippen LogP contribution is -2.18. The molecule has 0 saturated heterocycles. The summed E-state index contributed by atoms with van der Waals surface area (Å²) in [6.45, 7) is 0. The molecule has 0 aliphatic rings. The van der Waals surface area contributed by atoms with Gasteiger partial charge in [0.15, 0.2) is 17.3 Å². The van der Waals surface area contributed by atoms with Crippen LogP contribution in [0.25, 0.3) is 22.4 Å². The number of aromatic amines is 1. The van der Waals surface area contributed by atoms with Crippen molar-refractivity contribution in [1.29, 1.82) is 0 Å². The quantitative estimate of drug-likeness (QED) is 0.633. The van der Waals surface area contributed by atoms with E-state index < -0.39 is 46.5 Å². The Morgan fingerprint density at radius 3 is 2.38 bits per heavy atom. The fourth-order valence-corrected chi connectivity index (χ4v) is 2.51. The molecule has 0 fully saturated rings. The van der Waals surface area contributed by atoms with Crippen LogP contribution in [0.4, 0.5) is 22.0 Å². The van der Waals surface area contributed by atoms with Gasteiger partial charge in [-0.25, -0.2) is 18.6 Å². The zero-order valence-corrected chi connectivity index (χ0v) is 14.1. The molecular formula is C18H9F5N2O4. The van der Waals surface area contributed by atoms with Gasteiger partial charge in [0, 0.05) is 23.4 Å². The van der Waals surface area contributed by atoms with E-state index >= 15 is 0 Å². The number of carboxylic acid groups (broad SMARTS) is 1. The predicted octanol–water partition coefficient (Wildman–Crippen LogP) is 3.98. The summed E-state index contributed by atoms with van der Waals surface area (Å²) in [6.07, 6.45) is -4.28. The molecule has 29 heavy (non-hydrogen) atoms. The number of nitrogens with zero attached hydrogens (tertiary/aromatic N) is 1. The van der Waals surface area contributed by atoms with Gasteiger partial charge in [0.05, 0.1) is 0 Å². The largest absolute Gasteiger partial charge is 0.573 e. The van der Waals surface area contributed by atoms with Crippen molar-refractivity contribution in [1.82, 2.24) is 9.97 Å². The molecule has 1 heterocycles. The Morgan fingerprint density at radius 1 is 1.07 bits per heavy atom. The van der Waals surface area contributed by atoms with E-state index in [1.165, 1.54) is 24.3 Å². The standard InChI is InChI=1S/C18H9F5N2O4/c19-11-5-10(14(6-12(11)20)29-18(21,22)23)8-2-1-3-9(4-8)15-16(26)24-7-13(25-15)17(27)28/h1-7H,(H,24,26)(H,27,28). The van der Waals surface area contributed by atoms with Gasteiger partial charge >= 0.3 is 12.3 Å². The van der Waals surface area contributed by atoms with Crippen LogP contribution in [0.1, 0.15) is 10.5 Å². The van der Waals surface area contributed by atoms with E-state index in [0.717, 1.165) is 6.20 Å². The SMILES string of the molecule is O=C(O)c1c[nH]c(=O)c(-c2cccc(-c3cc(F)c(F)cc3OC(F)(F)F)c2)n1. The average molecular weight is 412 g/mol. The number of carboxylic acids is 1. The summed E-state index contributed by atoms with van der Waals surface area (Å²) in [7, 11) is 0. The molecule has 0 unspecified atom stereocenters. The van der Waals surface area contributed by atoms with Gasteiger partial charge in [0.25, 0.3) is 5.56 Å². The van der Waals surface area contributed by atoms with Gasteiger partial charge in [-0.15, -0.1) is 13.2 Å². The average Bonchev–Trinajstić information content (AvgIpc) is 2.63. The van der Waals surface area contributed by atoms with Crippen LogP contribution in [0, 0.1) is 11.6 Å². The predicted molar refractivity (Wildman–Crippen MR) is 89.3 cm³/mol. The zero-order valence-electron chi connectivity index (χ0n) is 14.1. The minimum absolute atomic E-state index is 0.0366. The van der Waals surface area contributed by atoms with Crippen molar-refractivity contribution < 1.29 is 36.6 Å². The van der Waals surface area contributed by atoms with E-state index in [9.17, 15) is 31.5 Å². The molecule has 0 aliphatic carbocycles. The number of aromatic carboxylic acids is 1. The van der Waals surface area contributed by atoms with E-state index in [-0.39, 0.29) is 22.9 Å². The number of benzene rings is 2. The van der Waals surface area contributed by atoms with Gasteiger partial charge < -0.3 is 14.8 Å². The number of halogens is 5.